The average molecular weight is 443 g/mol. The molecule has 28 heavy (non-hydrogen) atoms. The normalized spacial score (nSPS) is 18.1. The summed E-state index contributed by atoms with van der Waals surface area (Å²) in [5.41, 5.74) is 0. The van der Waals surface area contributed by atoms with Crippen LogP contribution in [0, 0.1) is 5.92 Å². The Bertz CT molecular complexity index is 870. The number of nitrogens with zero attached hydrogens (tertiary/aromatic N) is 1. The van der Waals surface area contributed by atoms with Gasteiger partial charge in [-0.3, -0.25) is 4.79 Å². The lowest BCUT2D eigenvalue weighted by molar-refractivity contribution is -0.125. The first-order chi connectivity index (χ1) is 13.5. The van der Waals surface area contributed by atoms with Gasteiger partial charge in [0.15, 0.2) is 0 Å². The second-order valence-electron chi connectivity index (χ2n) is 6.58. The third kappa shape index (κ3) is 5.53. The Hall–Kier alpha value is -1.48. The highest BCUT2D eigenvalue weighted by molar-refractivity contribution is 7.98. The number of sulfonamides is 1. The molecule has 3 rings (SSSR count). The number of carbonyl (C=O) groups excluding carboxylic acids is 1. The predicted molar refractivity (Wildman–Crippen MR) is 111 cm³/mol. The topological polar surface area (TPSA) is 79.6 Å². The SMILES string of the molecule is O=C(NCCSCc1ccco1)[C@H]1CCCN(S(=O)(=O)c2ccc(Cl)cc2)C1. The molecule has 1 aromatic carbocycles. The maximum Gasteiger partial charge on any atom is 0.243 e. The van der Waals surface area contributed by atoms with Gasteiger partial charge in [0.1, 0.15) is 5.76 Å². The van der Waals surface area contributed by atoms with E-state index in [2.05, 4.69) is 5.32 Å². The lowest BCUT2D eigenvalue weighted by Gasteiger charge is -2.31. The van der Waals surface area contributed by atoms with E-state index in [0.29, 0.717) is 31.0 Å². The number of furan rings is 1. The molecule has 1 saturated heterocycles. The van der Waals surface area contributed by atoms with Gasteiger partial charge in [0.05, 0.1) is 22.8 Å². The molecule has 1 aromatic heterocycles. The van der Waals surface area contributed by atoms with Gasteiger partial charge in [-0.1, -0.05) is 11.6 Å². The zero-order chi connectivity index (χ0) is 20.0. The zero-order valence-corrected chi connectivity index (χ0v) is 17.7. The number of benzene rings is 1. The van der Waals surface area contributed by atoms with Crippen molar-refractivity contribution < 1.29 is 17.6 Å². The number of hydrogen-bond donors (Lipinski definition) is 1. The molecule has 2 aromatic rings. The lowest BCUT2D eigenvalue weighted by Crippen LogP contribution is -2.45. The third-order valence-corrected chi connectivity index (χ3v) is 7.69. The highest BCUT2D eigenvalue weighted by atomic mass is 35.5. The summed E-state index contributed by atoms with van der Waals surface area (Å²) in [5, 5.41) is 3.41. The molecule has 9 heteroatoms. The molecule has 0 saturated carbocycles. The van der Waals surface area contributed by atoms with Crippen molar-refractivity contribution in [2.45, 2.75) is 23.5 Å². The molecule has 1 aliphatic heterocycles. The van der Waals surface area contributed by atoms with E-state index in [9.17, 15) is 13.2 Å². The van der Waals surface area contributed by atoms with Crippen molar-refractivity contribution in [3.63, 3.8) is 0 Å². The maximum absolute atomic E-state index is 12.8. The van der Waals surface area contributed by atoms with Gasteiger partial charge in [0.2, 0.25) is 15.9 Å². The van der Waals surface area contributed by atoms with Crippen molar-refractivity contribution in [2.24, 2.45) is 5.92 Å². The number of hydrogen-bond acceptors (Lipinski definition) is 5. The fourth-order valence-electron chi connectivity index (χ4n) is 3.09. The second kappa shape index (κ2) is 9.82. The smallest absolute Gasteiger partial charge is 0.243 e. The first-order valence-corrected chi connectivity index (χ1v) is 12.1. The van der Waals surface area contributed by atoms with Crippen LogP contribution in [0.5, 0.6) is 0 Å². The molecular weight excluding hydrogens is 420 g/mol. The minimum absolute atomic E-state index is 0.0883. The maximum atomic E-state index is 12.8. The van der Waals surface area contributed by atoms with Crippen molar-refractivity contribution in [3.05, 3.63) is 53.4 Å². The predicted octanol–water partition coefficient (Wildman–Crippen LogP) is 3.38. The molecule has 1 aliphatic rings. The summed E-state index contributed by atoms with van der Waals surface area (Å²) in [6, 6.07) is 9.88. The molecule has 152 valence electrons. The fourth-order valence-corrected chi connectivity index (χ4v) is 5.49. The van der Waals surface area contributed by atoms with Crippen molar-refractivity contribution in [3.8, 4) is 0 Å². The monoisotopic (exact) mass is 442 g/mol. The van der Waals surface area contributed by atoms with E-state index in [-0.39, 0.29) is 23.3 Å². The first-order valence-electron chi connectivity index (χ1n) is 9.10. The zero-order valence-electron chi connectivity index (χ0n) is 15.3. The van der Waals surface area contributed by atoms with E-state index in [1.165, 1.54) is 16.4 Å². The Labute approximate surface area is 174 Å². The summed E-state index contributed by atoms with van der Waals surface area (Å²) in [7, 11) is -3.62. The first kappa shape index (κ1) is 21.2. The molecule has 0 unspecified atom stereocenters. The molecule has 0 radical (unpaired) electrons. The highest BCUT2D eigenvalue weighted by Gasteiger charge is 2.33. The van der Waals surface area contributed by atoms with Gasteiger partial charge in [0, 0.05) is 30.4 Å². The minimum atomic E-state index is -3.62. The quantitative estimate of drug-likeness (QED) is 0.634. The van der Waals surface area contributed by atoms with Gasteiger partial charge >= 0.3 is 0 Å². The van der Waals surface area contributed by atoms with E-state index in [1.807, 2.05) is 12.1 Å². The van der Waals surface area contributed by atoms with Crippen LogP contribution in [-0.4, -0.2) is 44.0 Å². The Balaban J connectivity index is 1.48. The number of carbonyl (C=O) groups is 1. The number of rotatable bonds is 8. The molecule has 1 amide bonds. The Morgan fingerprint density at radius 1 is 1.29 bits per heavy atom. The highest BCUT2D eigenvalue weighted by Crippen LogP contribution is 2.25. The van der Waals surface area contributed by atoms with Crippen molar-refractivity contribution >= 4 is 39.3 Å². The minimum Gasteiger partial charge on any atom is -0.468 e. The number of amides is 1. The second-order valence-corrected chi connectivity index (χ2v) is 10.1. The number of piperidine rings is 1. The van der Waals surface area contributed by atoms with Gasteiger partial charge < -0.3 is 9.73 Å². The largest absolute Gasteiger partial charge is 0.468 e. The molecule has 0 bridgehead atoms. The summed E-state index contributed by atoms with van der Waals surface area (Å²) in [5.74, 6) is 2.03. The van der Waals surface area contributed by atoms with Crippen molar-refractivity contribution in [2.75, 3.05) is 25.4 Å². The Morgan fingerprint density at radius 3 is 2.79 bits per heavy atom. The van der Waals surface area contributed by atoms with E-state index >= 15 is 0 Å². The number of halogens is 1. The standard InChI is InChI=1S/C19H23ClN2O4S2/c20-16-5-7-18(8-6-16)28(24,25)22-10-1-3-15(13-22)19(23)21-9-12-27-14-17-4-2-11-26-17/h2,4-8,11,15H,1,3,9-10,12-14H2,(H,21,23)/t15-/m0/s1. The Kier molecular flexibility index (Phi) is 7.45. The molecule has 1 fully saturated rings. The summed E-state index contributed by atoms with van der Waals surface area (Å²) in [4.78, 5) is 12.7. The molecule has 6 nitrogen and oxygen atoms in total. The van der Waals surface area contributed by atoms with Gasteiger partial charge in [0.25, 0.3) is 0 Å². The van der Waals surface area contributed by atoms with E-state index < -0.39 is 10.0 Å². The van der Waals surface area contributed by atoms with Crippen LogP contribution in [0.3, 0.4) is 0 Å². The van der Waals surface area contributed by atoms with E-state index in [4.69, 9.17) is 16.0 Å². The van der Waals surface area contributed by atoms with Gasteiger partial charge in [-0.25, -0.2) is 8.42 Å². The molecule has 1 N–H and O–H groups in total. The van der Waals surface area contributed by atoms with Crippen LogP contribution in [0.1, 0.15) is 18.6 Å². The van der Waals surface area contributed by atoms with Crippen LogP contribution in [0.25, 0.3) is 0 Å². The average Bonchev–Trinajstić information content (AvgIpc) is 3.21. The van der Waals surface area contributed by atoms with Gasteiger partial charge in [-0.15, -0.1) is 0 Å². The van der Waals surface area contributed by atoms with Crippen molar-refractivity contribution in [1.82, 2.24) is 9.62 Å². The van der Waals surface area contributed by atoms with Crippen molar-refractivity contribution in [1.29, 1.82) is 0 Å². The third-order valence-electron chi connectivity index (χ3n) is 4.58. The molecule has 2 heterocycles. The fraction of sp³-hybridized carbons (Fsp3) is 0.421. The number of thioether (sulfide) groups is 1. The number of nitrogens with one attached hydrogen (secondary N) is 1. The molecule has 0 aliphatic carbocycles. The summed E-state index contributed by atoms with van der Waals surface area (Å²) < 4.78 is 32.3. The lowest BCUT2D eigenvalue weighted by atomic mass is 9.99. The van der Waals surface area contributed by atoms with Crippen LogP contribution in [0.4, 0.5) is 0 Å². The summed E-state index contributed by atoms with van der Waals surface area (Å²) in [6.45, 7) is 1.18. The summed E-state index contributed by atoms with van der Waals surface area (Å²) >= 11 is 7.52. The molecule has 1 atom stereocenters. The van der Waals surface area contributed by atoms with E-state index in [1.54, 1.807) is 30.2 Å². The summed E-state index contributed by atoms with van der Waals surface area (Å²) in [6.07, 6.45) is 3.00. The van der Waals surface area contributed by atoms with Crippen LogP contribution >= 0.6 is 23.4 Å². The Morgan fingerprint density at radius 2 is 2.07 bits per heavy atom. The van der Waals surface area contributed by atoms with Crippen LogP contribution in [0.2, 0.25) is 5.02 Å². The molecule has 0 spiro atoms. The van der Waals surface area contributed by atoms with Gasteiger partial charge in [-0.2, -0.15) is 16.1 Å². The van der Waals surface area contributed by atoms with E-state index in [0.717, 1.165) is 17.3 Å². The molecular formula is C19H23ClN2O4S2. The van der Waals surface area contributed by atoms with Gasteiger partial charge in [-0.05, 0) is 49.2 Å². The van der Waals surface area contributed by atoms with Crippen LogP contribution in [-0.2, 0) is 20.6 Å². The van der Waals surface area contributed by atoms with Crippen LogP contribution < -0.4 is 5.32 Å². The van der Waals surface area contributed by atoms with Crippen LogP contribution in [0.15, 0.2) is 52.0 Å².